The summed E-state index contributed by atoms with van der Waals surface area (Å²) in [5, 5.41) is 0. The first-order chi connectivity index (χ1) is 8.77. The highest BCUT2D eigenvalue weighted by Gasteiger charge is 2.31. The van der Waals surface area contributed by atoms with Crippen LogP contribution in [0, 0.1) is 0 Å². The van der Waals surface area contributed by atoms with Crippen LogP contribution in [0.15, 0.2) is 41.6 Å². The van der Waals surface area contributed by atoms with E-state index >= 15 is 0 Å². The summed E-state index contributed by atoms with van der Waals surface area (Å²) in [6.45, 7) is 3.13. The van der Waals surface area contributed by atoms with Gasteiger partial charge in [0, 0.05) is 24.2 Å². The maximum absolute atomic E-state index is 11.9. The summed E-state index contributed by atoms with van der Waals surface area (Å²) in [5.41, 5.74) is 3.78. The molecule has 2 nitrogen and oxygen atoms in total. The number of nitrogens with zero attached hydrogens (tertiary/aromatic N) is 1. The van der Waals surface area contributed by atoms with Crippen LogP contribution in [0.3, 0.4) is 0 Å². The van der Waals surface area contributed by atoms with E-state index in [0.717, 1.165) is 31.4 Å². The molecule has 0 bridgehead atoms. The Hall–Kier alpha value is -1.57. The van der Waals surface area contributed by atoms with Gasteiger partial charge in [-0.2, -0.15) is 0 Å². The van der Waals surface area contributed by atoms with Crippen LogP contribution in [0.4, 0.5) is 0 Å². The van der Waals surface area contributed by atoms with E-state index in [-0.39, 0.29) is 0 Å². The first-order valence-electron chi connectivity index (χ1n) is 6.84. The summed E-state index contributed by atoms with van der Waals surface area (Å²) in [6.07, 6.45) is 3.91. The van der Waals surface area contributed by atoms with Crippen molar-refractivity contribution in [1.29, 1.82) is 0 Å². The molecule has 3 rings (SSSR count). The molecule has 0 saturated heterocycles. The lowest BCUT2D eigenvalue weighted by Crippen LogP contribution is -2.33. The van der Waals surface area contributed by atoms with Gasteiger partial charge < -0.3 is 4.90 Å². The number of allylic oxidation sites excluding steroid dienone is 2. The van der Waals surface area contributed by atoms with Crippen molar-refractivity contribution in [3.63, 3.8) is 0 Å². The van der Waals surface area contributed by atoms with Gasteiger partial charge in [-0.15, -0.1) is 0 Å². The summed E-state index contributed by atoms with van der Waals surface area (Å²) in [5.74, 6) is 0.388. The summed E-state index contributed by atoms with van der Waals surface area (Å²) >= 11 is 0. The number of carbonyl (C=O) groups excluding carboxylic acids is 1. The van der Waals surface area contributed by atoms with E-state index in [2.05, 4.69) is 42.2 Å². The number of carbonyl (C=O) groups is 1. The molecule has 0 saturated carbocycles. The maximum atomic E-state index is 11.9. The van der Waals surface area contributed by atoms with Gasteiger partial charge in [0.1, 0.15) is 0 Å². The van der Waals surface area contributed by atoms with Gasteiger partial charge in [0.2, 0.25) is 0 Å². The summed E-state index contributed by atoms with van der Waals surface area (Å²) in [7, 11) is 0. The lowest BCUT2D eigenvalue weighted by Gasteiger charge is -2.36. The van der Waals surface area contributed by atoms with Gasteiger partial charge >= 0.3 is 0 Å². The van der Waals surface area contributed by atoms with Crippen LogP contribution in [0.1, 0.15) is 44.2 Å². The number of hydrogen-bond acceptors (Lipinski definition) is 2. The van der Waals surface area contributed by atoms with Crippen molar-refractivity contribution in [1.82, 2.24) is 4.90 Å². The fraction of sp³-hybridized carbons (Fsp3) is 0.438. The predicted octanol–water partition coefficient (Wildman–Crippen LogP) is 3.46. The second-order valence-electron chi connectivity index (χ2n) is 5.23. The third kappa shape index (κ3) is 1.86. The van der Waals surface area contributed by atoms with E-state index < -0.39 is 0 Å². The zero-order valence-electron chi connectivity index (χ0n) is 10.9. The van der Waals surface area contributed by atoms with Crippen LogP contribution in [-0.4, -0.2) is 17.2 Å². The number of rotatable bonds is 2. The van der Waals surface area contributed by atoms with Crippen molar-refractivity contribution in [2.45, 2.75) is 38.6 Å². The molecule has 1 atom stereocenters. The molecule has 1 aliphatic carbocycles. The Morgan fingerprint density at radius 1 is 1.11 bits per heavy atom. The van der Waals surface area contributed by atoms with E-state index in [0.29, 0.717) is 18.2 Å². The molecule has 2 heteroatoms. The zero-order chi connectivity index (χ0) is 12.5. The second-order valence-corrected chi connectivity index (χ2v) is 5.23. The predicted molar refractivity (Wildman–Crippen MR) is 72.1 cm³/mol. The molecule has 1 aromatic carbocycles. The average molecular weight is 241 g/mol. The Labute approximate surface area is 108 Å². The van der Waals surface area contributed by atoms with Crippen molar-refractivity contribution >= 4 is 5.78 Å². The quantitative estimate of drug-likeness (QED) is 0.790. The molecular weight excluding hydrogens is 222 g/mol. The number of ketones is 1. The Morgan fingerprint density at radius 2 is 1.89 bits per heavy atom. The highest BCUT2D eigenvalue weighted by atomic mass is 16.1. The maximum Gasteiger partial charge on any atom is 0.162 e. The van der Waals surface area contributed by atoms with Crippen molar-refractivity contribution in [2.24, 2.45) is 0 Å². The minimum atomic E-state index is 0.377. The second kappa shape index (κ2) is 4.60. The van der Waals surface area contributed by atoms with Crippen LogP contribution in [0.5, 0.6) is 0 Å². The van der Waals surface area contributed by atoms with Gasteiger partial charge in [0.15, 0.2) is 5.78 Å². The van der Waals surface area contributed by atoms with E-state index in [1.54, 1.807) is 0 Å². The summed E-state index contributed by atoms with van der Waals surface area (Å²) in [6, 6.07) is 11.0. The van der Waals surface area contributed by atoms with E-state index in [1.807, 2.05) is 0 Å². The minimum Gasteiger partial charge on any atom is -0.367 e. The molecule has 0 N–H and O–H groups in total. The molecule has 1 heterocycles. The number of hydrogen-bond donors (Lipinski definition) is 0. The Kier molecular flexibility index (Phi) is 2.94. The molecule has 0 radical (unpaired) electrons. The SMILES string of the molecule is C[C@@H](c1ccccc1)N1CCC(=O)C2=C1CCC2. The fourth-order valence-electron chi connectivity index (χ4n) is 3.19. The summed E-state index contributed by atoms with van der Waals surface area (Å²) in [4.78, 5) is 14.3. The molecule has 0 fully saturated rings. The van der Waals surface area contributed by atoms with Gasteiger partial charge in [0.25, 0.3) is 0 Å². The van der Waals surface area contributed by atoms with Gasteiger partial charge in [0.05, 0.1) is 6.04 Å². The molecule has 1 aromatic rings. The highest BCUT2D eigenvalue weighted by molar-refractivity contribution is 5.97. The largest absolute Gasteiger partial charge is 0.367 e. The van der Waals surface area contributed by atoms with Gasteiger partial charge in [-0.05, 0) is 31.7 Å². The smallest absolute Gasteiger partial charge is 0.162 e. The van der Waals surface area contributed by atoms with Crippen molar-refractivity contribution in [3.8, 4) is 0 Å². The third-order valence-corrected chi connectivity index (χ3v) is 4.20. The zero-order valence-corrected chi connectivity index (χ0v) is 10.9. The molecule has 0 amide bonds. The van der Waals surface area contributed by atoms with Gasteiger partial charge in [-0.25, -0.2) is 0 Å². The monoisotopic (exact) mass is 241 g/mol. The Bertz CT molecular complexity index is 489. The van der Waals surface area contributed by atoms with E-state index in [1.165, 1.54) is 11.3 Å². The van der Waals surface area contributed by atoms with Crippen LogP contribution < -0.4 is 0 Å². The third-order valence-electron chi connectivity index (χ3n) is 4.20. The lowest BCUT2D eigenvalue weighted by atomic mass is 9.98. The van der Waals surface area contributed by atoms with Crippen molar-refractivity contribution < 1.29 is 4.79 Å². The minimum absolute atomic E-state index is 0.377. The van der Waals surface area contributed by atoms with E-state index in [9.17, 15) is 4.79 Å². The lowest BCUT2D eigenvalue weighted by molar-refractivity contribution is -0.116. The van der Waals surface area contributed by atoms with Crippen LogP contribution >= 0.6 is 0 Å². The number of benzene rings is 1. The Morgan fingerprint density at radius 3 is 2.67 bits per heavy atom. The first kappa shape index (κ1) is 11.5. The van der Waals surface area contributed by atoms with Crippen LogP contribution in [-0.2, 0) is 4.79 Å². The molecule has 2 aliphatic rings. The van der Waals surface area contributed by atoms with Crippen molar-refractivity contribution in [2.75, 3.05) is 6.54 Å². The molecule has 94 valence electrons. The average Bonchev–Trinajstić information content (AvgIpc) is 2.90. The molecule has 18 heavy (non-hydrogen) atoms. The van der Waals surface area contributed by atoms with Gasteiger partial charge in [-0.1, -0.05) is 30.3 Å². The molecule has 0 unspecified atom stereocenters. The fourth-order valence-corrected chi connectivity index (χ4v) is 3.19. The first-order valence-corrected chi connectivity index (χ1v) is 6.84. The highest BCUT2D eigenvalue weighted by Crippen LogP contribution is 2.38. The normalized spacial score (nSPS) is 21.2. The number of Topliss-reactive ketones (excluding diaryl/α,β-unsaturated/α-hetero) is 1. The molecular formula is C16H19NO. The molecule has 1 aliphatic heterocycles. The molecule has 0 aromatic heterocycles. The topological polar surface area (TPSA) is 20.3 Å². The Balaban J connectivity index is 1.91. The van der Waals surface area contributed by atoms with E-state index in [4.69, 9.17) is 0 Å². The van der Waals surface area contributed by atoms with Gasteiger partial charge in [-0.3, -0.25) is 4.79 Å². The summed E-state index contributed by atoms with van der Waals surface area (Å²) < 4.78 is 0. The van der Waals surface area contributed by atoms with Crippen molar-refractivity contribution in [3.05, 3.63) is 47.2 Å². The standard InChI is InChI=1S/C16H19NO/c1-12(13-6-3-2-4-7-13)17-11-10-16(18)14-8-5-9-15(14)17/h2-4,6-7,12H,5,8-11H2,1H3/t12-/m0/s1. The molecule has 0 spiro atoms. The van der Waals surface area contributed by atoms with Crippen LogP contribution in [0.25, 0.3) is 0 Å². The van der Waals surface area contributed by atoms with Crippen LogP contribution in [0.2, 0.25) is 0 Å².